The van der Waals surface area contributed by atoms with Crippen LogP contribution in [-0.4, -0.2) is 36.5 Å². The molecule has 2 aliphatic rings. The SMILES string of the molecule is COc1cccc(-c2ccc(CN3CCCC3C(=O)NC3CCCCC3)cc2)c1. The van der Waals surface area contributed by atoms with Gasteiger partial charge in [0.1, 0.15) is 5.75 Å². The predicted molar refractivity (Wildman–Crippen MR) is 117 cm³/mol. The Balaban J connectivity index is 1.38. The molecular weight excluding hydrogens is 360 g/mol. The average Bonchev–Trinajstić information content (AvgIpc) is 3.23. The van der Waals surface area contributed by atoms with Gasteiger partial charge in [0.2, 0.25) is 5.91 Å². The Labute approximate surface area is 174 Å². The number of amides is 1. The van der Waals surface area contributed by atoms with Crippen molar-refractivity contribution < 1.29 is 9.53 Å². The summed E-state index contributed by atoms with van der Waals surface area (Å²) in [4.78, 5) is 15.2. The summed E-state index contributed by atoms with van der Waals surface area (Å²) < 4.78 is 5.33. The van der Waals surface area contributed by atoms with E-state index < -0.39 is 0 Å². The van der Waals surface area contributed by atoms with Crippen LogP contribution in [0.1, 0.15) is 50.5 Å². The highest BCUT2D eigenvalue weighted by Gasteiger charge is 2.31. The summed E-state index contributed by atoms with van der Waals surface area (Å²) in [5.41, 5.74) is 3.59. The minimum atomic E-state index is 0.0231. The maximum atomic E-state index is 12.8. The van der Waals surface area contributed by atoms with Crippen molar-refractivity contribution in [1.29, 1.82) is 0 Å². The van der Waals surface area contributed by atoms with Crippen molar-refractivity contribution in [1.82, 2.24) is 10.2 Å². The molecule has 4 nitrogen and oxygen atoms in total. The molecule has 1 aliphatic carbocycles. The van der Waals surface area contributed by atoms with E-state index in [1.165, 1.54) is 30.4 Å². The largest absolute Gasteiger partial charge is 0.497 e. The van der Waals surface area contributed by atoms with Crippen LogP contribution in [0.15, 0.2) is 48.5 Å². The summed E-state index contributed by atoms with van der Waals surface area (Å²) in [5, 5.41) is 3.33. The third-order valence-corrected chi connectivity index (χ3v) is 6.36. The maximum absolute atomic E-state index is 12.8. The highest BCUT2D eigenvalue weighted by Crippen LogP contribution is 2.26. The lowest BCUT2D eigenvalue weighted by molar-refractivity contribution is -0.126. The van der Waals surface area contributed by atoms with Gasteiger partial charge in [-0.05, 0) is 61.1 Å². The number of hydrogen-bond acceptors (Lipinski definition) is 3. The van der Waals surface area contributed by atoms with Crippen molar-refractivity contribution in [3.63, 3.8) is 0 Å². The van der Waals surface area contributed by atoms with Crippen molar-refractivity contribution in [3.8, 4) is 16.9 Å². The molecule has 2 aromatic rings. The third kappa shape index (κ3) is 4.99. The van der Waals surface area contributed by atoms with Crippen LogP contribution >= 0.6 is 0 Å². The van der Waals surface area contributed by atoms with Gasteiger partial charge >= 0.3 is 0 Å². The fourth-order valence-electron chi connectivity index (χ4n) is 4.70. The molecular formula is C25H32N2O2. The minimum Gasteiger partial charge on any atom is -0.497 e. The molecule has 0 spiro atoms. The Morgan fingerprint density at radius 2 is 1.79 bits per heavy atom. The van der Waals surface area contributed by atoms with Gasteiger partial charge in [0.15, 0.2) is 0 Å². The Morgan fingerprint density at radius 3 is 2.55 bits per heavy atom. The lowest BCUT2D eigenvalue weighted by Gasteiger charge is -2.28. The van der Waals surface area contributed by atoms with Crippen LogP contribution in [0.4, 0.5) is 0 Å². The Bertz CT molecular complexity index is 812. The lowest BCUT2D eigenvalue weighted by Crippen LogP contribution is -2.47. The molecule has 4 heteroatoms. The molecule has 1 atom stereocenters. The Morgan fingerprint density at radius 1 is 1.00 bits per heavy atom. The van der Waals surface area contributed by atoms with Crippen LogP contribution in [0.2, 0.25) is 0 Å². The molecule has 1 unspecified atom stereocenters. The summed E-state index contributed by atoms with van der Waals surface area (Å²) in [6, 6.07) is 17.2. The molecule has 1 saturated carbocycles. The second-order valence-electron chi connectivity index (χ2n) is 8.40. The minimum absolute atomic E-state index is 0.0231. The predicted octanol–water partition coefficient (Wildman–Crippen LogP) is 4.78. The van der Waals surface area contributed by atoms with E-state index in [1.54, 1.807) is 7.11 Å². The molecule has 4 rings (SSSR count). The van der Waals surface area contributed by atoms with E-state index in [0.29, 0.717) is 6.04 Å². The van der Waals surface area contributed by atoms with Crippen molar-refractivity contribution in [2.24, 2.45) is 0 Å². The molecule has 0 radical (unpaired) electrons. The summed E-state index contributed by atoms with van der Waals surface area (Å²) in [6.45, 7) is 1.83. The molecule has 0 bridgehead atoms. The van der Waals surface area contributed by atoms with Crippen molar-refractivity contribution in [2.75, 3.05) is 13.7 Å². The molecule has 1 N–H and O–H groups in total. The van der Waals surface area contributed by atoms with Crippen LogP contribution in [0.3, 0.4) is 0 Å². The zero-order valence-electron chi connectivity index (χ0n) is 17.4. The van der Waals surface area contributed by atoms with Crippen molar-refractivity contribution >= 4 is 5.91 Å². The zero-order valence-corrected chi connectivity index (χ0v) is 17.4. The van der Waals surface area contributed by atoms with E-state index >= 15 is 0 Å². The summed E-state index contributed by atoms with van der Waals surface area (Å²) in [7, 11) is 1.69. The van der Waals surface area contributed by atoms with E-state index in [1.807, 2.05) is 12.1 Å². The smallest absolute Gasteiger partial charge is 0.237 e. The molecule has 1 heterocycles. The summed E-state index contributed by atoms with van der Waals surface area (Å²) in [6.07, 6.45) is 8.17. The highest BCUT2D eigenvalue weighted by atomic mass is 16.5. The maximum Gasteiger partial charge on any atom is 0.237 e. The lowest BCUT2D eigenvalue weighted by atomic mass is 9.95. The molecule has 1 amide bonds. The van der Waals surface area contributed by atoms with E-state index in [-0.39, 0.29) is 11.9 Å². The standard InChI is InChI=1S/C25H32N2O2/c1-29-23-10-5-7-21(17-23)20-14-12-19(13-15-20)18-27-16-6-11-24(27)25(28)26-22-8-3-2-4-9-22/h5,7,10,12-15,17,22,24H,2-4,6,8-9,11,16,18H2,1H3,(H,26,28). The molecule has 2 aromatic carbocycles. The molecule has 2 fully saturated rings. The second kappa shape index (κ2) is 9.45. The zero-order chi connectivity index (χ0) is 20.1. The van der Waals surface area contributed by atoms with Gasteiger partial charge in [0, 0.05) is 12.6 Å². The Kier molecular flexibility index (Phi) is 6.50. The first-order valence-corrected chi connectivity index (χ1v) is 11.0. The average molecular weight is 393 g/mol. The van der Waals surface area contributed by atoms with E-state index in [0.717, 1.165) is 50.1 Å². The first-order valence-electron chi connectivity index (χ1n) is 11.0. The number of likely N-dealkylation sites (tertiary alicyclic amines) is 1. The molecule has 1 aliphatic heterocycles. The monoisotopic (exact) mass is 392 g/mol. The second-order valence-corrected chi connectivity index (χ2v) is 8.40. The summed E-state index contributed by atoms with van der Waals surface area (Å²) >= 11 is 0. The molecule has 154 valence electrons. The van der Waals surface area contributed by atoms with Gasteiger partial charge in [-0.1, -0.05) is 55.7 Å². The van der Waals surface area contributed by atoms with Gasteiger partial charge < -0.3 is 10.1 Å². The quantitative estimate of drug-likeness (QED) is 0.769. The third-order valence-electron chi connectivity index (χ3n) is 6.36. The normalized spacial score (nSPS) is 20.5. The number of carbonyl (C=O) groups is 1. The van der Waals surface area contributed by atoms with E-state index in [4.69, 9.17) is 4.74 Å². The number of ether oxygens (including phenoxy) is 1. The van der Waals surface area contributed by atoms with Crippen LogP contribution < -0.4 is 10.1 Å². The van der Waals surface area contributed by atoms with Crippen molar-refractivity contribution in [2.45, 2.75) is 63.6 Å². The number of benzene rings is 2. The highest BCUT2D eigenvalue weighted by molar-refractivity contribution is 5.82. The molecule has 1 saturated heterocycles. The van der Waals surface area contributed by atoms with Gasteiger partial charge in [0.05, 0.1) is 13.2 Å². The van der Waals surface area contributed by atoms with E-state index in [9.17, 15) is 4.79 Å². The number of methoxy groups -OCH3 is 1. The van der Waals surface area contributed by atoms with Gasteiger partial charge in [-0.15, -0.1) is 0 Å². The van der Waals surface area contributed by atoms with Crippen LogP contribution in [0.25, 0.3) is 11.1 Å². The number of carbonyl (C=O) groups excluding carboxylic acids is 1. The Hall–Kier alpha value is -2.33. The van der Waals surface area contributed by atoms with E-state index in [2.05, 4.69) is 46.6 Å². The van der Waals surface area contributed by atoms with Crippen LogP contribution in [-0.2, 0) is 11.3 Å². The summed E-state index contributed by atoms with van der Waals surface area (Å²) in [5.74, 6) is 1.11. The van der Waals surface area contributed by atoms with Gasteiger partial charge in [0.25, 0.3) is 0 Å². The van der Waals surface area contributed by atoms with Crippen LogP contribution in [0.5, 0.6) is 5.75 Å². The molecule has 0 aromatic heterocycles. The van der Waals surface area contributed by atoms with Crippen molar-refractivity contribution in [3.05, 3.63) is 54.1 Å². The fraction of sp³-hybridized carbons (Fsp3) is 0.480. The molecule has 29 heavy (non-hydrogen) atoms. The topological polar surface area (TPSA) is 41.6 Å². The van der Waals surface area contributed by atoms with Crippen LogP contribution in [0, 0.1) is 0 Å². The van der Waals surface area contributed by atoms with Gasteiger partial charge in [-0.3, -0.25) is 9.69 Å². The number of nitrogens with zero attached hydrogens (tertiary/aromatic N) is 1. The number of hydrogen-bond donors (Lipinski definition) is 1. The fourth-order valence-corrected chi connectivity index (χ4v) is 4.70. The number of nitrogens with one attached hydrogen (secondary N) is 1. The first kappa shape index (κ1) is 20.0. The first-order chi connectivity index (χ1) is 14.2. The van der Waals surface area contributed by atoms with Gasteiger partial charge in [-0.25, -0.2) is 0 Å². The number of rotatable bonds is 6. The van der Waals surface area contributed by atoms with Gasteiger partial charge in [-0.2, -0.15) is 0 Å².